The molecular weight excluding hydrogens is 248 g/mol. The van der Waals surface area contributed by atoms with Crippen LogP contribution in [-0.4, -0.2) is 17.9 Å². The summed E-state index contributed by atoms with van der Waals surface area (Å²) in [5.41, 5.74) is 7.16. The summed E-state index contributed by atoms with van der Waals surface area (Å²) in [7, 11) is 1.60. The lowest BCUT2D eigenvalue weighted by molar-refractivity contribution is -0.117. The molecule has 1 aromatic carbocycles. The Morgan fingerprint density at radius 1 is 1.39 bits per heavy atom. The second-order valence-corrected chi connectivity index (χ2v) is 4.77. The second-order valence-electron chi connectivity index (χ2n) is 3.88. The van der Waals surface area contributed by atoms with Gasteiger partial charge in [-0.3, -0.25) is 4.79 Å². The molecule has 0 bridgehead atoms. The van der Waals surface area contributed by atoms with Gasteiger partial charge in [-0.15, -0.1) is 11.3 Å². The number of ketones is 1. The number of hydrogen-bond donors (Lipinski definition) is 1. The lowest BCUT2D eigenvalue weighted by Gasteiger charge is -2.06. The first-order chi connectivity index (χ1) is 8.69. The van der Waals surface area contributed by atoms with Crippen LogP contribution in [0.1, 0.15) is 11.3 Å². The van der Waals surface area contributed by atoms with Gasteiger partial charge in [-0.1, -0.05) is 18.2 Å². The largest absolute Gasteiger partial charge is 0.496 e. The molecule has 0 spiro atoms. The van der Waals surface area contributed by atoms with Gasteiger partial charge in [-0.05, 0) is 6.07 Å². The number of nitrogen functional groups attached to an aromatic ring is 1. The molecule has 0 saturated heterocycles. The zero-order valence-corrected chi connectivity index (χ0v) is 10.9. The SMILES string of the molecule is COc1ccccc1CC(=O)Cc1csc(N)n1. The minimum Gasteiger partial charge on any atom is -0.496 e. The van der Waals surface area contributed by atoms with Crippen molar-refractivity contribution in [2.45, 2.75) is 12.8 Å². The molecule has 5 heteroatoms. The lowest BCUT2D eigenvalue weighted by atomic mass is 10.1. The van der Waals surface area contributed by atoms with E-state index in [-0.39, 0.29) is 5.78 Å². The molecule has 0 atom stereocenters. The topological polar surface area (TPSA) is 65.2 Å². The second kappa shape index (κ2) is 5.64. The van der Waals surface area contributed by atoms with E-state index in [2.05, 4.69) is 4.98 Å². The van der Waals surface area contributed by atoms with Crippen LogP contribution in [-0.2, 0) is 17.6 Å². The molecule has 0 aliphatic rings. The molecule has 0 saturated carbocycles. The summed E-state index contributed by atoms with van der Waals surface area (Å²) >= 11 is 1.35. The van der Waals surface area contributed by atoms with Gasteiger partial charge >= 0.3 is 0 Å². The highest BCUT2D eigenvalue weighted by atomic mass is 32.1. The number of benzene rings is 1. The van der Waals surface area contributed by atoms with Crippen molar-refractivity contribution in [3.05, 3.63) is 40.9 Å². The Hall–Kier alpha value is -1.88. The predicted molar refractivity (Wildman–Crippen MR) is 71.9 cm³/mol. The van der Waals surface area contributed by atoms with E-state index in [4.69, 9.17) is 10.5 Å². The van der Waals surface area contributed by atoms with Crippen LogP contribution in [0.5, 0.6) is 5.75 Å². The lowest BCUT2D eigenvalue weighted by Crippen LogP contribution is -2.08. The monoisotopic (exact) mass is 262 g/mol. The summed E-state index contributed by atoms with van der Waals surface area (Å²) in [6, 6.07) is 7.52. The Labute approximate surface area is 109 Å². The van der Waals surface area contributed by atoms with Crippen LogP contribution in [0.3, 0.4) is 0 Å². The smallest absolute Gasteiger partial charge is 0.180 e. The third kappa shape index (κ3) is 3.07. The predicted octanol–water partition coefficient (Wildman–Crippen LogP) is 2.09. The number of carbonyl (C=O) groups excluding carboxylic acids is 1. The summed E-state index contributed by atoms with van der Waals surface area (Å²) in [5, 5.41) is 2.31. The molecular formula is C13H14N2O2S. The van der Waals surface area contributed by atoms with Crippen molar-refractivity contribution in [1.82, 2.24) is 4.98 Å². The van der Waals surface area contributed by atoms with Gasteiger partial charge in [-0.2, -0.15) is 0 Å². The fraction of sp³-hybridized carbons (Fsp3) is 0.231. The average molecular weight is 262 g/mol. The zero-order valence-electron chi connectivity index (χ0n) is 10.1. The van der Waals surface area contributed by atoms with Crippen molar-refractivity contribution < 1.29 is 9.53 Å². The van der Waals surface area contributed by atoms with Crippen LogP contribution in [0.25, 0.3) is 0 Å². The van der Waals surface area contributed by atoms with Crippen molar-refractivity contribution in [3.63, 3.8) is 0 Å². The van der Waals surface area contributed by atoms with E-state index >= 15 is 0 Å². The van der Waals surface area contributed by atoms with Gasteiger partial charge in [0, 0.05) is 23.8 Å². The third-order valence-corrected chi connectivity index (χ3v) is 3.25. The number of methoxy groups -OCH3 is 1. The number of nitrogens with zero attached hydrogens (tertiary/aromatic N) is 1. The molecule has 18 heavy (non-hydrogen) atoms. The number of nitrogens with two attached hydrogens (primary N) is 1. The maximum atomic E-state index is 11.9. The molecule has 1 heterocycles. The average Bonchev–Trinajstić information content (AvgIpc) is 2.75. The standard InChI is InChI=1S/C13H14N2O2S/c1-17-12-5-3-2-4-9(12)6-11(16)7-10-8-18-13(14)15-10/h2-5,8H,6-7H2,1H3,(H2,14,15). The number of anilines is 1. The Bertz CT molecular complexity index is 551. The van der Waals surface area contributed by atoms with Gasteiger partial charge in [0.2, 0.25) is 0 Å². The highest BCUT2D eigenvalue weighted by Crippen LogP contribution is 2.19. The molecule has 0 unspecified atom stereocenters. The number of aromatic nitrogens is 1. The first-order valence-electron chi connectivity index (χ1n) is 5.52. The van der Waals surface area contributed by atoms with E-state index in [9.17, 15) is 4.79 Å². The number of ether oxygens (including phenoxy) is 1. The van der Waals surface area contributed by atoms with Crippen LogP contribution in [0, 0.1) is 0 Å². The Morgan fingerprint density at radius 2 is 2.17 bits per heavy atom. The van der Waals surface area contributed by atoms with Crippen molar-refractivity contribution >= 4 is 22.3 Å². The molecule has 2 N–H and O–H groups in total. The maximum Gasteiger partial charge on any atom is 0.180 e. The normalized spacial score (nSPS) is 10.3. The molecule has 0 aliphatic heterocycles. The number of hydrogen-bond acceptors (Lipinski definition) is 5. The van der Waals surface area contributed by atoms with Crippen LogP contribution in [0.2, 0.25) is 0 Å². The van der Waals surface area contributed by atoms with E-state index < -0.39 is 0 Å². The van der Waals surface area contributed by atoms with Crippen LogP contribution < -0.4 is 10.5 Å². The summed E-state index contributed by atoms with van der Waals surface area (Å²) in [5.74, 6) is 0.841. The Balaban J connectivity index is 2.03. The number of carbonyl (C=O) groups is 1. The van der Waals surface area contributed by atoms with Crippen molar-refractivity contribution in [2.24, 2.45) is 0 Å². The molecule has 0 fully saturated rings. The molecule has 0 amide bonds. The van der Waals surface area contributed by atoms with Crippen LogP contribution in [0.15, 0.2) is 29.6 Å². The number of thiazole rings is 1. The fourth-order valence-corrected chi connectivity index (χ4v) is 2.29. The van der Waals surface area contributed by atoms with Gasteiger partial charge in [0.05, 0.1) is 12.8 Å². The van der Waals surface area contributed by atoms with E-state index in [1.807, 2.05) is 29.6 Å². The number of para-hydroxylation sites is 1. The van der Waals surface area contributed by atoms with Gasteiger partial charge in [0.25, 0.3) is 0 Å². The summed E-state index contributed by atoms with van der Waals surface area (Å²) in [4.78, 5) is 16.0. The minimum atomic E-state index is 0.102. The van der Waals surface area contributed by atoms with Crippen molar-refractivity contribution in [1.29, 1.82) is 0 Å². The van der Waals surface area contributed by atoms with E-state index in [0.29, 0.717) is 18.0 Å². The van der Waals surface area contributed by atoms with Crippen LogP contribution >= 0.6 is 11.3 Å². The van der Waals surface area contributed by atoms with E-state index in [0.717, 1.165) is 17.0 Å². The first-order valence-corrected chi connectivity index (χ1v) is 6.40. The molecule has 2 rings (SSSR count). The van der Waals surface area contributed by atoms with Crippen molar-refractivity contribution in [3.8, 4) is 5.75 Å². The highest BCUT2D eigenvalue weighted by Gasteiger charge is 2.10. The Morgan fingerprint density at radius 3 is 2.83 bits per heavy atom. The van der Waals surface area contributed by atoms with Gasteiger partial charge < -0.3 is 10.5 Å². The molecule has 2 aromatic rings. The number of rotatable bonds is 5. The zero-order chi connectivity index (χ0) is 13.0. The summed E-state index contributed by atoms with van der Waals surface area (Å²) < 4.78 is 5.21. The molecule has 1 aromatic heterocycles. The summed E-state index contributed by atoms with van der Waals surface area (Å²) in [6.07, 6.45) is 0.660. The van der Waals surface area contributed by atoms with Crippen LogP contribution in [0.4, 0.5) is 5.13 Å². The Kier molecular flexibility index (Phi) is 3.94. The molecule has 4 nitrogen and oxygen atoms in total. The van der Waals surface area contributed by atoms with Crippen molar-refractivity contribution in [2.75, 3.05) is 12.8 Å². The number of Topliss-reactive ketones (excluding diaryl/α,β-unsaturated/α-hetero) is 1. The maximum absolute atomic E-state index is 11.9. The fourth-order valence-electron chi connectivity index (χ4n) is 1.73. The van der Waals surface area contributed by atoms with Gasteiger partial charge in [0.15, 0.2) is 5.13 Å². The minimum absolute atomic E-state index is 0.102. The van der Waals surface area contributed by atoms with E-state index in [1.165, 1.54) is 11.3 Å². The van der Waals surface area contributed by atoms with E-state index in [1.54, 1.807) is 7.11 Å². The quantitative estimate of drug-likeness (QED) is 0.896. The molecule has 0 radical (unpaired) electrons. The molecule has 0 aliphatic carbocycles. The third-order valence-electron chi connectivity index (χ3n) is 2.53. The molecule has 94 valence electrons. The highest BCUT2D eigenvalue weighted by molar-refractivity contribution is 7.13. The first kappa shape index (κ1) is 12.6. The summed E-state index contributed by atoms with van der Waals surface area (Å²) in [6.45, 7) is 0. The van der Waals surface area contributed by atoms with Gasteiger partial charge in [-0.25, -0.2) is 4.98 Å². The van der Waals surface area contributed by atoms with Gasteiger partial charge in [0.1, 0.15) is 11.5 Å².